The van der Waals surface area contributed by atoms with E-state index in [1.807, 2.05) is 0 Å². The lowest BCUT2D eigenvalue weighted by molar-refractivity contribution is 0.116. The number of alkyl halides is 2. The number of hydrogen-bond donors (Lipinski definition) is 3. The van der Waals surface area contributed by atoms with Crippen LogP contribution >= 0.6 is 0 Å². The number of halogens is 2. The van der Waals surface area contributed by atoms with Crippen LogP contribution in [0.4, 0.5) is 8.78 Å². The average Bonchev–Trinajstić information content (AvgIpc) is 2.11. The molecule has 4 N–H and O–H groups in total. The van der Waals surface area contributed by atoms with Crippen molar-refractivity contribution in [3.05, 3.63) is 23.8 Å². The molecule has 1 aromatic carbocycles. The first-order chi connectivity index (χ1) is 6.50. The van der Waals surface area contributed by atoms with Crippen LogP contribution in [0.15, 0.2) is 18.2 Å². The van der Waals surface area contributed by atoms with E-state index in [1.54, 1.807) is 0 Å². The summed E-state index contributed by atoms with van der Waals surface area (Å²) < 4.78 is 24.1. The van der Waals surface area contributed by atoms with E-state index in [9.17, 15) is 8.78 Å². The zero-order valence-corrected chi connectivity index (χ0v) is 7.32. The number of rotatable bonds is 3. The van der Waals surface area contributed by atoms with Gasteiger partial charge >= 0.3 is 0 Å². The monoisotopic (exact) mass is 203 g/mol. The Morgan fingerprint density at radius 2 is 1.86 bits per heavy atom. The van der Waals surface area contributed by atoms with Crippen LogP contribution < -0.4 is 5.73 Å². The summed E-state index contributed by atoms with van der Waals surface area (Å²) in [4.78, 5) is 0. The molecule has 0 radical (unpaired) electrons. The van der Waals surface area contributed by atoms with Crippen molar-refractivity contribution in [3.8, 4) is 11.5 Å². The third-order valence-corrected chi connectivity index (χ3v) is 1.83. The lowest BCUT2D eigenvalue weighted by Crippen LogP contribution is -2.30. The first-order valence-electron chi connectivity index (χ1n) is 4.05. The van der Waals surface area contributed by atoms with Gasteiger partial charge in [0.1, 0.15) is 0 Å². The Hall–Kier alpha value is -1.36. The zero-order chi connectivity index (χ0) is 10.7. The van der Waals surface area contributed by atoms with E-state index in [1.165, 1.54) is 18.2 Å². The minimum atomic E-state index is -2.59. The molecule has 0 aliphatic carbocycles. The van der Waals surface area contributed by atoms with E-state index < -0.39 is 12.5 Å². The van der Waals surface area contributed by atoms with Gasteiger partial charge in [-0.1, -0.05) is 6.07 Å². The van der Waals surface area contributed by atoms with Crippen LogP contribution in [0.25, 0.3) is 0 Å². The average molecular weight is 203 g/mol. The molecule has 0 saturated carbocycles. The number of aromatic hydroxyl groups is 2. The number of benzene rings is 1. The molecule has 1 aromatic rings. The largest absolute Gasteiger partial charge is 0.504 e. The highest BCUT2D eigenvalue weighted by Gasteiger charge is 2.15. The van der Waals surface area contributed by atoms with E-state index in [2.05, 4.69) is 0 Å². The summed E-state index contributed by atoms with van der Waals surface area (Å²) in [6.07, 6.45) is -2.63. The second-order valence-corrected chi connectivity index (χ2v) is 3.03. The molecule has 0 aliphatic heterocycles. The molecule has 5 heteroatoms. The van der Waals surface area contributed by atoms with Crippen molar-refractivity contribution in [2.24, 2.45) is 5.73 Å². The van der Waals surface area contributed by atoms with E-state index in [-0.39, 0.29) is 17.9 Å². The predicted molar refractivity (Wildman–Crippen MR) is 47.5 cm³/mol. The van der Waals surface area contributed by atoms with Crippen LogP contribution in [0.2, 0.25) is 0 Å². The van der Waals surface area contributed by atoms with Gasteiger partial charge in [-0.3, -0.25) is 0 Å². The number of hydrogen-bond acceptors (Lipinski definition) is 3. The molecular weight excluding hydrogens is 192 g/mol. The maximum Gasteiger partial charge on any atom is 0.253 e. The highest BCUT2D eigenvalue weighted by molar-refractivity contribution is 5.40. The summed E-state index contributed by atoms with van der Waals surface area (Å²) in [5.74, 6) is -0.608. The molecule has 1 atom stereocenters. The van der Waals surface area contributed by atoms with Crippen LogP contribution in [0, 0.1) is 0 Å². The molecule has 0 heterocycles. The van der Waals surface area contributed by atoms with Crippen LogP contribution in [0.5, 0.6) is 11.5 Å². The number of phenolic OH excluding ortho intramolecular Hbond substituents is 2. The third kappa shape index (κ3) is 2.56. The van der Waals surface area contributed by atoms with E-state index in [0.717, 1.165) is 0 Å². The number of nitrogens with two attached hydrogens (primary N) is 1. The maximum absolute atomic E-state index is 12.1. The van der Waals surface area contributed by atoms with Crippen molar-refractivity contribution in [2.45, 2.75) is 18.9 Å². The summed E-state index contributed by atoms with van der Waals surface area (Å²) in [6.45, 7) is 0. The Morgan fingerprint density at radius 1 is 1.21 bits per heavy atom. The molecule has 0 saturated heterocycles. The highest BCUT2D eigenvalue weighted by atomic mass is 19.3. The minimum absolute atomic E-state index is 0.0362. The molecular formula is C9H11F2NO2. The lowest BCUT2D eigenvalue weighted by atomic mass is 10.1. The summed E-state index contributed by atoms with van der Waals surface area (Å²) in [5.41, 5.74) is 5.61. The Balaban J connectivity index is 2.73. The molecule has 0 spiro atoms. The molecule has 0 bridgehead atoms. The van der Waals surface area contributed by atoms with Crippen molar-refractivity contribution in [2.75, 3.05) is 0 Å². The molecule has 0 aliphatic rings. The van der Waals surface area contributed by atoms with Crippen LogP contribution in [-0.2, 0) is 6.42 Å². The maximum atomic E-state index is 12.1. The normalized spacial score (nSPS) is 13.1. The van der Waals surface area contributed by atoms with E-state index in [0.29, 0.717) is 5.56 Å². The second-order valence-electron chi connectivity index (χ2n) is 3.03. The van der Waals surface area contributed by atoms with Gasteiger partial charge < -0.3 is 15.9 Å². The van der Waals surface area contributed by atoms with Gasteiger partial charge in [0.2, 0.25) is 0 Å². The van der Waals surface area contributed by atoms with Crippen molar-refractivity contribution in [1.82, 2.24) is 0 Å². The molecule has 3 nitrogen and oxygen atoms in total. The molecule has 0 fully saturated rings. The summed E-state index contributed by atoms with van der Waals surface area (Å²) in [5, 5.41) is 18.0. The van der Waals surface area contributed by atoms with Gasteiger partial charge in [0.05, 0.1) is 6.04 Å². The fourth-order valence-electron chi connectivity index (χ4n) is 1.06. The Labute approximate surface area is 79.8 Å². The van der Waals surface area contributed by atoms with E-state index >= 15 is 0 Å². The fourth-order valence-corrected chi connectivity index (χ4v) is 1.06. The van der Waals surface area contributed by atoms with Gasteiger partial charge in [-0.15, -0.1) is 0 Å². The summed E-state index contributed by atoms with van der Waals surface area (Å²) in [7, 11) is 0. The van der Waals surface area contributed by atoms with Gasteiger partial charge in [0.25, 0.3) is 6.43 Å². The van der Waals surface area contributed by atoms with Crippen LogP contribution in [0.3, 0.4) is 0 Å². The quantitative estimate of drug-likeness (QED) is 0.647. The molecule has 1 rings (SSSR count). The smallest absolute Gasteiger partial charge is 0.253 e. The van der Waals surface area contributed by atoms with Gasteiger partial charge in [-0.2, -0.15) is 0 Å². The highest BCUT2D eigenvalue weighted by Crippen LogP contribution is 2.25. The van der Waals surface area contributed by atoms with Crippen molar-refractivity contribution < 1.29 is 19.0 Å². The Kier molecular flexibility index (Phi) is 3.24. The van der Waals surface area contributed by atoms with Gasteiger partial charge in [-0.25, -0.2) is 8.78 Å². The Bertz CT molecular complexity index is 318. The summed E-state index contributed by atoms with van der Waals surface area (Å²) in [6, 6.07) is 2.65. The second kappa shape index (κ2) is 4.23. The molecule has 1 unspecified atom stereocenters. The SMILES string of the molecule is NC(Cc1ccc(O)c(O)c1)C(F)F. The van der Waals surface area contributed by atoms with Crippen LogP contribution in [-0.4, -0.2) is 22.7 Å². The topological polar surface area (TPSA) is 66.5 Å². The zero-order valence-electron chi connectivity index (χ0n) is 7.32. The number of phenols is 2. The minimum Gasteiger partial charge on any atom is -0.504 e. The molecule has 0 amide bonds. The molecule has 0 aromatic heterocycles. The molecule has 78 valence electrons. The Morgan fingerprint density at radius 3 is 2.36 bits per heavy atom. The first-order valence-corrected chi connectivity index (χ1v) is 4.05. The first kappa shape index (κ1) is 10.7. The standard InChI is InChI=1S/C9H11F2NO2/c10-9(11)6(12)3-5-1-2-7(13)8(14)4-5/h1-2,4,6,9,13-14H,3,12H2. The predicted octanol–water partition coefficient (Wildman–Crippen LogP) is 1.23. The third-order valence-electron chi connectivity index (χ3n) is 1.83. The van der Waals surface area contributed by atoms with Crippen molar-refractivity contribution >= 4 is 0 Å². The summed E-state index contributed by atoms with van der Waals surface area (Å²) >= 11 is 0. The van der Waals surface area contributed by atoms with Gasteiger partial charge in [0.15, 0.2) is 11.5 Å². The van der Waals surface area contributed by atoms with Crippen molar-refractivity contribution in [3.63, 3.8) is 0 Å². The lowest BCUT2D eigenvalue weighted by Gasteiger charge is -2.10. The van der Waals surface area contributed by atoms with E-state index in [4.69, 9.17) is 15.9 Å². The van der Waals surface area contributed by atoms with Crippen LogP contribution in [0.1, 0.15) is 5.56 Å². The molecule has 14 heavy (non-hydrogen) atoms. The fraction of sp³-hybridized carbons (Fsp3) is 0.333. The van der Waals surface area contributed by atoms with Gasteiger partial charge in [0, 0.05) is 0 Å². The van der Waals surface area contributed by atoms with Gasteiger partial charge in [-0.05, 0) is 24.1 Å². The van der Waals surface area contributed by atoms with Crippen molar-refractivity contribution in [1.29, 1.82) is 0 Å².